The predicted molar refractivity (Wildman–Crippen MR) is 78.0 cm³/mol. The molecule has 0 aromatic heterocycles. The van der Waals surface area contributed by atoms with E-state index in [0.29, 0.717) is 26.0 Å². The van der Waals surface area contributed by atoms with Crippen molar-refractivity contribution in [2.75, 3.05) is 33.9 Å². The molecule has 0 atom stereocenters. The minimum absolute atomic E-state index is 0. The Morgan fingerprint density at radius 1 is 1.15 bits per heavy atom. The fraction of sp³-hybridized carbons (Fsp3) is 0.846. The number of amides is 1. The molecule has 0 bridgehead atoms. The average molecular weight is 309 g/mol. The van der Waals surface area contributed by atoms with E-state index < -0.39 is 5.54 Å². The Morgan fingerprint density at radius 2 is 1.80 bits per heavy atom. The molecule has 0 heterocycles. The van der Waals surface area contributed by atoms with Crippen molar-refractivity contribution in [2.45, 2.75) is 37.6 Å². The van der Waals surface area contributed by atoms with Crippen molar-refractivity contribution in [1.29, 1.82) is 0 Å². The molecule has 0 radical (unpaired) electrons. The highest BCUT2D eigenvalue weighted by molar-refractivity contribution is 5.88. The Morgan fingerprint density at radius 3 is 2.35 bits per heavy atom. The van der Waals surface area contributed by atoms with Crippen molar-refractivity contribution in [1.82, 2.24) is 10.6 Å². The summed E-state index contributed by atoms with van der Waals surface area (Å²) in [4.78, 5) is 23.8. The van der Waals surface area contributed by atoms with Gasteiger partial charge in [-0.15, -0.1) is 12.4 Å². The van der Waals surface area contributed by atoms with Gasteiger partial charge in [-0.1, -0.05) is 19.3 Å². The largest absolute Gasteiger partial charge is 0.467 e. The third kappa shape index (κ3) is 5.64. The maximum absolute atomic E-state index is 11.9. The molecule has 0 aromatic rings. The molecular formula is C13H25ClN2O4. The third-order valence-corrected chi connectivity index (χ3v) is 3.43. The van der Waals surface area contributed by atoms with Crippen molar-refractivity contribution in [3.05, 3.63) is 0 Å². The maximum Gasteiger partial charge on any atom is 0.331 e. The zero-order valence-corrected chi connectivity index (χ0v) is 13.0. The average Bonchev–Trinajstić information content (AvgIpc) is 2.43. The molecule has 1 aliphatic carbocycles. The van der Waals surface area contributed by atoms with Crippen LogP contribution in [0, 0.1) is 0 Å². The van der Waals surface area contributed by atoms with Gasteiger partial charge in [0.2, 0.25) is 5.91 Å². The van der Waals surface area contributed by atoms with E-state index in [9.17, 15) is 9.59 Å². The molecule has 1 rings (SSSR count). The minimum atomic E-state index is -0.826. The Bertz CT molecular complexity index is 307. The highest BCUT2D eigenvalue weighted by Crippen LogP contribution is 2.29. The fourth-order valence-electron chi connectivity index (χ4n) is 2.42. The lowest BCUT2D eigenvalue weighted by atomic mass is 9.81. The van der Waals surface area contributed by atoms with Gasteiger partial charge in [-0.05, 0) is 12.8 Å². The van der Waals surface area contributed by atoms with E-state index >= 15 is 0 Å². The number of ether oxygens (including phenoxy) is 2. The number of carbonyl (C=O) groups excluding carboxylic acids is 2. The topological polar surface area (TPSA) is 76.7 Å². The summed E-state index contributed by atoms with van der Waals surface area (Å²) in [5.74, 6) is -0.513. The summed E-state index contributed by atoms with van der Waals surface area (Å²) < 4.78 is 9.72. The van der Waals surface area contributed by atoms with Gasteiger partial charge < -0.3 is 20.1 Å². The van der Waals surface area contributed by atoms with Crippen LogP contribution in [0.4, 0.5) is 0 Å². The van der Waals surface area contributed by atoms with E-state index in [1.165, 1.54) is 7.11 Å². The molecule has 118 valence electrons. The third-order valence-electron chi connectivity index (χ3n) is 3.43. The highest BCUT2D eigenvalue weighted by atomic mass is 35.5. The number of halogens is 1. The van der Waals surface area contributed by atoms with Gasteiger partial charge in [0.1, 0.15) is 5.54 Å². The van der Waals surface area contributed by atoms with Crippen molar-refractivity contribution < 1.29 is 19.1 Å². The molecule has 1 saturated carbocycles. The smallest absolute Gasteiger partial charge is 0.331 e. The van der Waals surface area contributed by atoms with Gasteiger partial charge in [0.15, 0.2) is 0 Å². The first-order chi connectivity index (χ1) is 9.14. The number of rotatable bonds is 7. The van der Waals surface area contributed by atoms with Crippen LogP contribution in [0.15, 0.2) is 0 Å². The number of methoxy groups -OCH3 is 2. The van der Waals surface area contributed by atoms with Gasteiger partial charge in [0, 0.05) is 13.7 Å². The van der Waals surface area contributed by atoms with Gasteiger partial charge in [-0.3, -0.25) is 4.79 Å². The summed E-state index contributed by atoms with van der Waals surface area (Å²) in [6, 6.07) is 0. The van der Waals surface area contributed by atoms with Crippen LogP contribution in [0.5, 0.6) is 0 Å². The van der Waals surface area contributed by atoms with Gasteiger partial charge in [-0.25, -0.2) is 4.79 Å². The van der Waals surface area contributed by atoms with Crippen molar-refractivity contribution in [2.24, 2.45) is 0 Å². The first-order valence-corrected chi connectivity index (χ1v) is 6.74. The molecular weight excluding hydrogens is 284 g/mol. The standard InChI is InChI=1S/C13H24N2O4.ClH/c1-18-9-8-14-10-11(16)15-13(12(17)19-2)6-4-3-5-7-13;/h14H,3-10H2,1-2H3,(H,15,16);1H. The van der Waals surface area contributed by atoms with Crippen molar-refractivity contribution in [3.8, 4) is 0 Å². The molecule has 0 spiro atoms. The summed E-state index contributed by atoms with van der Waals surface area (Å²) in [7, 11) is 2.97. The zero-order valence-electron chi connectivity index (χ0n) is 12.2. The second-order valence-electron chi connectivity index (χ2n) is 4.85. The second-order valence-corrected chi connectivity index (χ2v) is 4.85. The molecule has 0 aliphatic heterocycles. The van der Waals surface area contributed by atoms with E-state index in [-0.39, 0.29) is 30.8 Å². The van der Waals surface area contributed by atoms with Crippen LogP contribution in [0.3, 0.4) is 0 Å². The quantitative estimate of drug-likeness (QED) is 0.533. The monoisotopic (exact) mass is 308 g/mol. The van der Waals surface area contributed by atoms with Crippen LogP contribution >= 0.6 is 12.4 Å². The summed E-state index contributed by atoms with van der Waals surface area (Å²) in [6.45, 7) is 1.34. The first-order valence-electron chi connectivity index (χ1n) is 6.74. The van der Waals surface area contributed by atoms with Crippen LogP contribution in [-0.4, -0.2) is 51.3 Å². The molecule has 7 heteroatoms. The number of esters is 1. The molecule has 1 aliphatic rings. The Kier molecular flexibility index (Phi) is 9.54. The number of hydrogen-bond donors (Lipinski definition) is 2. The summed E-state index contributed by atoms with van der Waals surface area (Å²) >= 11 is 0. The molecule has 0 unspecified atom stereocenters. The first kappa shape index (κ1) is 19.1. The predicted octanol–water partition coefficient (Wildman–Crippen LogP) is 0.636. The number of nitrogens with one attached hydrogen (secondary N) is 2. The summed E-state index contributed by atoms with van der Waals surface area (Å²) in [5, 5.41) is 5.80. The molecule has 0 saturated heterocycles. The van der Waals surface area contributed by atoms with Crippen molar-refractivity contribution >= 4 is 24.3 Å². The van der Waals surface area contributed by atoms with E-state index in [1.54, 1.807) is 7.11 Å². The van der Waals surface area contributed by atoms with Crippen molar-refractivity contribution in [3.63, 3.8) is 0 Å². The van der Waals surface area contributed by atoms with E-state index in [1.807, 2.05) is 0 Å². The van der Waals surface area contributed by atoms with Crippen LogP contribution < -0.4 is 10.6 Å². The zero-order chi connectivity index (χ0) is 14.1. The minimum Gasteiger partial charge on any atom is -0.467 e. The highest BCUT2D eigenvalue weighted by Gasteiger charge is 2.41. The molecule has 1 fully saturated rings. The molecule has 1 amide bonds. The second kappa shape index (κ2) is 9.96. The summed E-state index contributed by atoms with van der Waals surface area (Å²) in [6.07, 6.45) is 4.28. The van der Waals surface area contributed by atoms with E-state index in [4.69, 9.17) is 9.47 Å². The van der Waals surface area contributed by atoms with Gasteiger partial charge in [-0.2, -0.15) is 0 Å². The van der Waals surface area contributed by atoms with E-state index in [0.717, 1.165) is 19.3 Å². The SMILES string of the molecule is COCCNCC(=O)NC1(C(=O)OC)CCCCC1.Cl. The molecule has 6 nitrogen and oxygen atoms in total. The van der Waals surface area contributed by atoms with Gasteiger partial charge in [0.05, 0.1) is 20.3 Å². The Labute approximate surface area is 126 Å². The summed E-state index contributed by atoms with van der Waals surface area (Å²) in [5.41, 5.74) is -0.826. The lowest BCUT2D eigenvalue weighted by molar-refractivity contribution is -0.152. The van der Waals surface area contributed by atoms with Gasteiger partial charge >= 0.3 is 5.97 Å². The van der Waals surface area contributed by atoms with Crippen LogP contribution in [0.25, 0.3) is 0 Å². The lowest BCUT2D eigenvalue weighted by Gasteiger charge is -2.35. The van der Waals surface area contributed by atoms with Gasteiger partial charge in [0.25, 0.3) is 0 Å². The fourth-order valence-corrected chi connectivity index (χ4v) is 2.42. The normalized spacial score (nSPS) is 16.9. The van der Waals surface area contributed by atoms with Crippen LogP contribution in [-0.2, 0) is 19.1 Å². The van der Waals surface area contributed by atoms with E-state index in [2.05, 4.69) is 10.6 Å². The number of carbonyl (C=O) groups is 2. The Hall–Kier alpha value is -0.850. The Balaban J connectivity index is 0.00000361. The maximum atomic E-state index is 11.9. The molecule has 2 N–H and O–H groups in total. The number of hydrogen-bond acceptors (Lipinski definition) is 5. The molecule has 20 heavy (non-hydrogen) atoms. The van der Waals surface area contributed by atoms with Crippen LogP contribution in [0.1, 0.15) is 32.1 Å². The molecule has 0 aromatic carbocycles. The van der Waals surface area contributed by atoms with Crippen LogP contribution in [0.2, 0.25) is 0 Å². The lowest BCUT2D eigenvalue weighted by Crippen LogP contribution is -2.57.